The molecule has 0 aromatic heterocycles. The highest BCUT2D eigenvalue weighted by Crippen LogP contribution is 2.44. The van der Waals surface area contributed by atoms with Gasteiger partial charge in [-0.2, -0.15) is 0 Å². The van der Waals surface area contributed by atoms with Crippen molar-refractivity contribution in [1.82, 2.24) is 5.32 Å². The molecule has 2 aromatic rings. The number of sulfonamides is 1. The number of methoxy groups -OCH3 is 1. The third kappa shape index (κ3) is 3.83. The molecule has 2 saturated carbocycles. The number of amides is 1. The molecule has 0 spiro atoms. The highest BCUT2D eigenvalue weighted by Gasteiger charge is 2.40. The zero-order chi connectivity index (χ0) is 20.6. The predicted octanol–water partition coefficient (Wildman–Crippen LogP) is 3.44. The van der Waals surface area contributed by atoms with Crippen molar-refractivity contribution >= 4 is 21.6 Å². The van der Waals surface area contributed by atoms with Gasteiger partial charge < -0.3 is 10.1 Å². The molecule has 1 amide bonds. The second kappa shape index (κ2) is 7.71. The Morgan fingerprint density at radius 3 is 2.28 bits per heavy atom. The van der Waals surface area contributed by atoms with Crippen molar-refractivity contribution in [3.63, 3.8) is 0 Å². The fourth-order valence-electron chi connectivity index (χ4n) is 4.54. The zero-order valence-electron chi connectivity index (χ0n) is 16.7. The molecule has 4 rings (SSSR count). The average Bonchev–Trinajstić information content (AvgIpc) is 3.36. The van der Waals surface area contributed by atoms with Crippen LogP contribution in [0, 0.1) is 11.8 Å². The van der Waals surface area contributed by atoms with E-state index in [4.69, 9.17) is 4.74 Å². The molecule has 154 valence electrons. The zero-order valence-corrected chi connectivity index (χ0v) is 17.5. The van der Waals surface area contributed by atoms with Crippen LogP contribution in [-0.2, 0) is 10.0 Å². The largest absolute Gasteiger partial charge is 0.497 e. The fourth-order valence-corrected chi connectivity index (χ4v) is 5.74. The Bertz CT molecular complexity index is 986. The summed E-state index contributed by atoms with van der Waals surface area (Å²) in [6.45, 7) is 0. The van der Waals surface area contributed by atoms with Gasteiger partial charge in [-0.15, -0.1) is 0 Å². The van der Waals surface area contributed by atoms with E-state index in [0.29, 0.717) is 22.9 Å². The van der Waals surface area contributed by atoms with Gasteiger partial charge in [0.05, 0.1) is 17.7 Å². The van der Waals surface area contributed by atoms with Crippen LogP contribution >= 0.6 is 0 Å². The van der Waals surface area contributed by atoms with Gasteiger partial charge in [0.25, 0.3) is 15.9 Å². The summed E-state index contributed by atoms with van der Waals surface area (Å²) in [6, 6.07) is 13.2. The first-order chi connectivity index (χ1) is 13.9. The van der Waals surface area contributed by atoms with E-state index in [1.165, 1.54) is 49.9 Å². The number of benzene rings is 2. The maximum absolute atomic E-state index is 12.9. The summed E-state index contributed by atoms with van der Waals surface area (Å²) in [4.78, 5) is 12.8. The SMILES string of the molecule is COc1ccc(S(=O)(=O)N(C)c2ccc(C(=O)NC3CC4CCC3C4)cc2)cc1. The summed E-state index contributed by atoms with van der Waals surface area (Å²) >= 11 is 0. The lowest BCUT2D eigenvalue weighted by molar-refractivity contribution is 0.0923. The van der Waals surface area contributed by atoms with Crippen LogP contribution in [0.1, 0.15) is 36.0 Å². The Labute approximate surface area is 171 Å². The number of fused-ring (bicyclic) bond motifs is 2. The van der Waals surface area contributed by atoms with Gasteiger partial charge in [-0.05, 0) is 79.6 Å². The fraction of sp³-hybridized carbons (Fsp3) is 0.409. The normalized spacial score (nSPS) is 23.0. The highest BCUT2D eigenvalue weighted by atomic mass is 32.2. The van der Waals surface area contributed by atoms with E-state index in [1.807, 2.05) is 0 Å². The summed E-state index contributed by atoms with van der Waals surface area (Å²) in [5, 5.41) is 3.16. The molecule has 3 atom stereocenters. The maximum atomic E-state index is 12.9. The molecule has 0 saturated heterocycles. The van der Waals surface area contributed by atoms with Gasteiger partial charge in [-0.25, -0.2) is 8.42 Å². The molecule has 1 N–H and O–H groups in total. The van der Waals surface area contributed by atoms with Crippen LogP contribution in [0.5, 0.6) is 5.75 Å². The molecular formula is C22H26N2O4S. The van der Waals surface area contributed by atoms with Gasteiger partial charge >= 0.3 is 0 Å². The molecule has 2 aromatic carbocycles. The molecule has 2 bridgehead atoms. The second-order valence-corrected chi connectivity index (χ2v) is 9.92. The smallest absolute Gasteiger partial charge is 0.264 e. The minimum atomic E-state index is -3.70. The summed E-state index contributed by atoms with van der Waals surface area (Å²) in [5.74, 6) is 1.89. The summed E-state index contributed by atoms with van der Waals surface area (Å²) in [6.07, 6.45) is 4.82. The monoisotopic (exact) mass is 414 g/mol. The van der Waals surface area contributed by atoms with Gasteiger partial charge in [0.2, 0.25) is 0 Å². The van der Waals surface area contributed by atoms with Crippen LogP contribution < -0.4 is 14.4 Å². The van der Waals surface area contributed by atoms with E-state index < -0.39 is 10.0 Å². The first-order valence-electron chi connectivity index (χ1n) is 9.92. The quantitative estimate of drug-likeness (QED) is 0.786. The lowest BCUT2D eigenvalue weighted by Gasteiger charge is -2.23. The molecule has 29 heavy (non-hydrogen) atoms. The molecule has 0 heterocycles. The Morgan fingerprint density at radius 2 is 1.72 bits per heavy atom. The van der Waals surface area contributed by atoms with Crippen LogP contribution in [0.3, 0.4) is 0 Å². The Balaban J connectivity index is 1.45. The summed E-state index contributed by atoms with van der Waals surface area (Å²) in [5.41, 5.74) is 1.05. The topological polar surface area (TPSA) is 75.7 Å². The molecular weight excluding hydrogens is 388 g/mol. The molecule has 2 aliphatic carbocycles. The number of nitrogens with one attached hydrogen (secondary N) is 1. The number of nitrogens with zero attached hydrogens (tertiary/aromatic N) is 1. The van der Waals surface area contributed by atoms with Gasteiger partial charge in [-0.1, -0.05) is 6.42 Å². The van der Waals surface area contributed by atoms with Gasteiger partial charge in [-0.3, -0.25) is 9.10 Å². The van der Waals surface area contributed by atoms with E-state index >= 15 is 0 Å². The minimum absolute atomic E-state index is 0.0882. The molecule has 7 heteroatoms. The molecule has 0 radical (unpaired) electrons. The van der Waals surface area contributed by atoms with Crippen molar-refractivity contribution < 1.29 is 17.9 Å². The Morgan fingerprint density at radius 1 is 1.03 bits per heavy atom. The van der Waals surface area contributed by atoms with Crippen LogP contribution in [-0.4, -0.2) is 34.5 Å². The van der Waals surface area contributed by atoms with E-state index in [9.17, 15) is 13.2 Å². The van der Waals surface area contributed by atoms with E-state index in [1.54, 1.807) is 36.4 Å². The van der Waals surface area contributed by atoms with Crippen molar-refractivity contribution in [2.75, 3.05) is 18.5 Å². The third-order valence-corrected chi connectivity index (χ3v) is 8.07. The van der Waals surface area contributed by atoms with Crippen LogP contribution in [0.2, 0.25) is 0 Å². The van der Waals surface area contributed by atoms with Crippen LogP contribution in [0.25, 0.3) is 0 Å². The molecule has 3 unspecified atom stereocenters. The lowest BCUT2D eigenvalue weighted by atomic mass is 9.95. The summed E-state index contributed by atoms with van der Waals surface area (Å²) < 4.78 is 32.0. The van der Waals surface area contributed by atoms with Crippen molar-refractivity contribution in [2.45, 2.75) is 36.6 Å². The van der Waals surface area contributed by atoms with Crippen molar-refractivity contribution in [2.24, 2.45) is 11.8 Å². The lowest BCUT2D eigenvalue weighted by Crippen LogP contribution is -2.38. The molecule has 2 aliphatic rings. The Hall–Kier alpha value is -2.54. The van der Waals surface area contributed by atoms with E-state index in [-0.39, 0.29) is 16.8 Å². The standard InChI is InChI=1S/C22H26N2O4S/c1-24(29(26,27)20-11-9-19(28-2)10-12-20)18-7-5-16(6-8-18)22(25)23-21-14-15-3-4-17(21)13-15/h5-12,15,17,21H,3-4,13-14H2,1-2H3,(H,23,25). The third-order valence-electron chi connectivity index (χ3n) is 6.27. The van der Waals surface area contributed by atoms with E-state index in [0.717, 1.165) is 12.3 Å². The highest BCUT2D eigenvalue weighted by molar-refractivity contribution is 7.92. The number of anilines is 1. The first kappa shape index (κ1) is 19.8. The molecule has 2 fully saturated rings. The number of hydrogen-bond acceptors (Lipinski definition) is 4. The van der Waals surface area contributed by atoms with Crippen molar-refractivity contribution in [3.05, 3.63) is 54.1 Å². The van der Waals surface area contributed by atoms with Crippen LogP contribution in [0.15, 0.2) is 53.4 Å². The summed E-state index contributed by atoms with van der Waals surface area (Å²) in [7, 11) is -0.661. The van der Waals surface area contributed by atoms with E-state index in [2.05, 4.69) is 5.32 Å². The Kier molecular flexibility index (Phi) is 5.25. The van der Waals surface area contributed by atoms with Crippen LogP contribution in [0.4, 0.5) is 5.69 Å². The van der Waals surface area contributed by atoms with Crippen molar-refractivity contribution in [3.8, 4) is 5.75 Å². The number of hydrogen-bond donors (Lipinski definition) is 1. The second-order valence-electron chi connectivity index (χ2n) is 7.95. The molecule has 6 nitrogen and oxygen atoms in total. The number of ether oxygens (including phenoxy) is 1. The maximum Gasteiger partial charge on any atom is 0.264 e. The van der Waals surface area contributed by atoms with Gasteiger partial charge in [0.15, 0.2) is 0 Å². The van der Waals surface area contributed by atoms with Crippen molar-refractivity contribution in [1.29, 1.82) is 0 Å². The van der Waals surface area contributed by atoms with Gasteiger partial charge in [0, 0.05) is 18.7 Å². The molecule has 0 aliphatic heterocycles. The number of carbonyl (C=O) groups is 1. The number of rotatable bonds is 6. The van der Waals surface area contributed by atoms with Gasteiger partial charge in [0.1, 0.15) is 5.75 Å². The first-order valence-corrected chi connectivity index (χ1v) is 11.4. The predicted molar refractivity (Wildman–Crippen MR) is 112 cm³/mol. The minimum Gasteiger partial charge on any atom is -0.497 e. The average molecular weight is 415 g/mol. The number of carbonyl (C=O) groups excluding carboxylic acids is 1.